The van der Waals surface area contributed by atoms with E-state index in [1.807, 2.05) is 6.07 Å². The Morgan fingerprint density at radius 1 is 0.971 bits per heavy atom. The molecule has 3 rings (SSSR count). The van der Waals surface area contributed by atoms with Crippen molar-refractivity contribution in [2.75, 3.05) is 18.5 Å². The number of H-pyrrole nitrogens is 1. The third-order valence-electron chi connectivity index (χ3n) is 4.52. The Kier molecular flexibility index (Phi) is 9.83. The Labute approximate surface area is 214 Å². The quantitative estimate of drug-likeness (QED) is 0.215. The Balaban J connectivity index is 0.000000266. The summed E-state index contributed by atoms with van der Waals surface area (Å²) in [7, 11) is -1.61. The molecular formula is C25H26Cl2N2O5Si. The third kappa shape index (κ3) is 8.06. The molecule has 0 saturated heterocycles. The molecular weight excluding hydrogens is 507 g/mol. The van der Waals surface area contributed by atoms with E-state index >= 15 is 0 Å². The van der Waals surface area contributed by atoms with Crippen LogP contribution in [0.25, 0.3) is 10.9 Å². The van der Waals surface area contributed by atoms with Gasteiger partial charge in [-0.05, 0) is 30.3 Å². The maximum atomic E-state index is 11.7. The van der Waals surface area contributed by atoms with Gasteiger partial charge in [-0.2, -0.15) is 0 Å². The number of amides is 1. The summed E-state index contributed by atoms with van der Waals surface area (Å²) in [6.07, 6.45) is 1.77. The number of aromatic amines is 1. The van der Waals surface area contributed by atoms with Crippen LogP contribution in [0.15, 0.2) is 36.5 Å². The van der Waals surface area contributed by atoms with Gasteiger partial charge in [-0.3, -0.25) is 14.4 Å². The molecule has 0 unspecified atom stereocenters. The number of anilines is 1. The molecule has 0 bridgehead atoms. The number of benzene rings is 2. The number of aromatic nitrogens is 1. The lowest BCUT2D eigenvalue weighted by Crippen LogP contribution is -2.16. The van der Waals surface area contributed by atoms with Gasteiger partial charge < -0.3 is 20.5 Å². The van der Waals surface area contributed by atoms with Crippen molar-refractivity contribution in [3.63, 3.8) is 0 Å². The molecule has 1 amide bonds. The van der Waals surface area contributed by atoms with E-state index in [0.717, 1.165) is 10.9 Å². The molecule has 1 aromatic heterocycles. The van der Waals surface area contributed by atoms with Gasteiger partial charge in [0.1, 0.15) is 21.3 Å². The number of carbonyl (C=O) groups is 3. The monoisotopic (exact) mass is 532 g/mol. The van der Waals surface area contributed by atoms with Gasteiger partial charge in [0.25, 0.3) is 0 Å². The van der Waals surface area contributed by atoms with Crippen LogP contribution >= 0.6 is 23.2 Å². The molecule has 2 aromatic carbocycles. The molecule has 4 N–H and O–H groups in total. The van der Waals surface area contributed by atoms with Crippen LogP contribution in [0.1, 0.15) is 33.2 Å². The summed E-state index contributed by atoms with van der Waals surface area (Å²) in [5, 5.41) is 21.8. The minimum atomic E-state index is -1.61. The van der Waals surface area contributed by atoms with Crippen molar-refractivity contribution in [2.45, 2.75) is 26.6 Å². The van der Waals surface area contributed by atoms with Crippen LogP contribution in [-0.4, -0.2) is 54.0 Å². The molecule has 0 saturated carbocycles. The lowest BCUT2D eigenvalue weighted by Gasteiger charge is -2.10. The number of hydrogen-bond donors (Lipinski definition) is 4. The van der Waals surface area contributed by atoms with E-state index in [0.29, 0.717) is 21.8 Å². The van der Waals surface area contributed by atoms with Crippen molar-refractivity contribution in [3.8, 4) is 11.5 Å². The molecule has 0 fully saturated rings. The zero-order chi connectivity index (χ0) is 26.3. The largest absolute Gasteiger partial charge is 0.388 e. The lowest BCUT2D eigenvalue weighted by atomic mass is 10.1. The summed E-state index contributed by atoms with van der Waals surface area (Å²) in [5.74, 6) is 1.92. The Hall–Kier alpha value is -2.93. The maximum Gasteiger partial charge on any atom is 0.221 e. The summed E-state index contributed by atoms with van der Waals surface area (Å²) in [5.41, 5.74) is 5.61. The van der Waals surface area contributed by atoms with E-state index in [1.165, 1.54) is 19.1 Å². The Morgan fingerprint density at radius 2 is 1.54 bits per heavy atom. The summed E-state index contributed by atoms with van der Waals surface area (Å²) >= 11 is 11.9. The van der Waals surface area contributed by atoms with Crippen molar-refractivity contribution >= 4 is 65.3 Å². The van der Waals surface area contributed by atoms with Crippen molar-refractivity contribution in [2.24, 2.45) is 0 Å². The standard InChI is InChI=1S/C15H18ClNO3Si.C10H8ClNO2/c1-10(19)17-14-8-13(16)12(15(20)9-18)7-11(14)5-6-21(2,3)4;11-8-4-9-6(1-2-12-9)3-7(8)10(14)5-13/h7-8,18H,9H2,1-4H3,(H,17,19);1-4,12-13H,5H2. The van der Waals surface area contributed by atoms with Crippen molar-refractivity contribution < 1.29 is 24.6 Å². The van der Waals surface area contributed by atoms with E-state index in [-0.39, 0.29) is 22.3 Å². The maximum absolute atomic E-state index is 11.7. The van der Waals surface area contributed by atoms with Crippen molar-refractivity contribution in [3.05, 3.63) is 63.3 Å². The number of aliphatic hydroxyl groups is 2. The summed E-state index contributed by atoms with van der Waals surface area (Å²) in [6, 6.07) is 8.20. The number of aliphatic hydroxyl groups excluding tert-OH is 2. The zero-order valence-electron chi connectivity index (χ0n) is 19.8. The zero-order valence-corrected chi connectivity index (χ0v) is 22.3. The molecule has 0 spiro atoms. The minimum Gasteiger partial charge on any atom is -0.388 e. The van der Waals surface area contributed by atoms with Crippen LogP contribution in [0.2, 0.25) is 29.7 Å². The fraction of sp³-hybridized carbons (Fsp3) is 0.240. The average molecular weight is 533 g/mol. The van der Waals surface area contributed by atoms with Gasteiger partial charge in [-0.1, -0.05) is 48.8 Å². The first kappa shape index (κ1) is 28.3. The first-order valence-corrected chi connectivity index (χ1v) is 14.8. The SMILES string of the molecule is CC(=O)Nc1cc(Cl)c(C(=O)CO)cc1C#C[Si](C)(C)C.O=C(CO)c1cc2cc[nH]c2cc1Cl. The predicted molar refractivity (Wildman–Crippen MR) is 142 cm³/mol. The molecule has 0 aliphatic rings. The molecule has 35 heavy (non-hydrogen) atoms. The fourth-order valence-corrected chi connectivity index (χ4v) is 3.94. The number of hydrogen-bond acceptors (Lipinski definition) is 5. The second kappa shape index (κ2) is 12.2. The van der Waals surface area contributed by atoms with E-state index in [9.17, 15) is 14.4 Å². The highest BCUT2D eigenvalue weighted by atomic mass is 35.5. The highest BCUT2D eigenvalue weighted by Crippen LogP contribution is 2.26. The summed E-state index contributed by atoms with van der Waals surface area (Å²) < 4.78 is 0. The lowest BCUT2D eigenvalue weighted by molar-refractivity contribution is -0.114. The normalized spacial score (nSPS) is 10.6. The molecule has 0 atom stereocenters. The minimum absolute atomic E-state index is 0.177. The number of rotatable bonds is 5. The number of fused-ring (bicyclic) bond motifs is 1. The Morgan fingerprint density at radius 3 is 2.09 bits per heavy atom. The number of Topliss-reactive ketones (excluding diaryl/α,β-unsaturated/α-hetero) is 2. The first-order chi connectivity index (χ1) is 16.4. The summed E-state index contributed by atoms with van der Waals surface area (Å²) in [6.45, 7) is 6.52. The average Bonchev–Trinajstić information content (AvgIpc) is 3.23. The highest BCUT2D eigenvalue weighted by Gasteiger charge is 2.15. The predicted octanol–water partition coefficient (Wildman–Crippen LogP) is 4.70. The smallest absolute Gasteiger partial charge is 0.221 e. The molecule has 10 heteroatoms. The molecule has 1 heterocycles. The Bertz CT molecular complexity index is 1330. The second-order valence-corrected chi connectivity index (χ2v) is 14.2. The van der Waals surface area contributed by atoms with Gasteiger partial charge in [0, 0.05) is 40.7 Å². The van der Waals surface area contributed by atoms with E-state index < -0.39 is 27.1 Å². The molecule has 0 aliphatic heterocycles. The third-order valence-corrected chi connectivity index (χ3v) is 6.02. The van der Waals surface area contributed by atoms with Gasteiger partial charge in [0.15, 0.2) is 11.6 Å². The first-order valence-electron chi connectivity index (χ1n) is 10.5. The second-order valence-electron chi connectivity index (χ2n) is 8.62. The van der Waals surface area contributed by atoms with Crippen LogP contribution in [0.4, 0.5) is 5.69 Å². The van der Waals surface area contributed by atoms with Crippen molar-refractivity contribution in [1.29, 1.82) is 0 Å². The van der Waals surface area contributed by atoms with Gasteiger partial charge in [-0.25, -0.2) is 0 Å². The van der Waals surface area contributed by atoms with Gasteiger partial charge in [-0.15, -0.1) is 5.54 Å². The van der Waals surface area contributed by atoms with Crippen molar-refractivity contribution in [1.82, 2.24) is 4.98 Å². The highest BCUT2D eigenvalue weighted by molar-refractivity contribution is 6.83. The van der Waals surface area contributed by atoms with Crippen LogP contribution < -0.4 is 5.32 Å². The van der Waals surface area contributed by atoms with Gasteiger partial charge in [0.2, 0.25) is 5.91 Å². The number of ketones is 2. The van der Waals surface area contributed by atoms with Crippen LogP contribution in [0.3, 0.4) is 0 Å². The molecule has 7 nitrogen and oxygen atoms in total. The van der Waals surface area contributed by atoms with Crippen LogP contribution in [0.5, 0.6) is 0 Å². The molecule has 0 radical (unpaired) electrons. The van der Waals surface area contributed by atoms with Gasteiger partial charge in [0.05, 0.1) is 15.7 Å². The topological polar surface area (TPSA) is 119 Å². The van der Waals surface area contributed by atoms with E-state index in [2.05, 4.69) is 41.4 Å². The fourth-order valence-electron chi connectivity index (χ4n) is 2.90. The number of carbonyl (C=O) groups excluding carboxylic acids is 3. The molecule has 0 aliphatic carbocycles. The van der Waals surface area contributed by atoms with Gasteiger partial charge >= 0.3 is 0 Å². The van der Waals surface area contributed by atoms with Crippen LogP contribution in [0, 0.1) is 11.5 Å². The molecule has 184 valence electrons. The summed E-state index contributed by atoms with van der Waals surface area (Å²) in [4.78, 5) is 37.2. The van der Waals surface area contributed by atoms with E-state index in [4.69, 9.17) is 33.4 Å². The number of nitrogens with one attached hydrogen (secondary N) is 2. The number of halogens is 2. The molecule has 3 aromatic rings. The van der Waals surface area contributed by atoms with Crippen LogP contribution in [-0.2, 0) is 4.79 Å². The van der Waals surface area contributed by atoms with E-state index in [1.54, 1.807) is 18.3 Å².